The molecule has 2 amide bonds. The third-order valence-corrected chi connectivity index (χ3v) is 5.07. The number of hydrogen-bond donors (Lipinski definition) is 2. The van der Waals surface area contributed by atoms with Crippen molar-refractivity contribution in [2.45, 2.75) is 18.3 Å². The lowest BCUT2D eigenvalue weighted by Crippen LogP contribution is -2.46. The lowest BCUT2D eigenvalue weighted by atomic mass is 10.3. The maximum absolute atomic E-state index is 12.4. The predicted octanol–water partition coefficient (Wildman–Crippen LogP) is 2.84. The van der Waals surface area contributed by atoms with E-state index >= 15 is 0 Å². The van der Waals surface area contributed by atoms with Crippen molar-refractivity contribution in [3.8, 4) is 5.75 Å². The van der Waals surface area contributed by atoms with Crippen LogP contribution in [0.4, 0.5) is 10.5 Å². The van der Waals surface area contributed by atoms with Gasteiger partial charge in [0.1, 0.15) is 11.8 Å². The molecule has 1 fully saturated rings. The summed E-state index contributed by atoms with van der Waals surface area (Å²) in [6.07, 6.45) is 0. The van der Waals surface area contributed by atoms with E-state index in [2.05, 4.69) is 21.2 Å². The molecule has 1 saturated heterocycles. The van der Waals surface area contributed by atoms with Crippen LogP contribution in [0, 0.1) is 0 Å². The van der Waals surface area contributed by atoms with Crippen LogP contribution in [0.15, 0.2) is 22.7 Å². The topological polar surface area (TPSA) is 78.9 Å². The number of anilines is 1. The zero-order valence-corrected chi connectivity index (χ0v) is 13.9. The molecule has 0 radical (unpaired) electrons. The summed E-state index contributed by atoms with van der Waals surface area (Å²) in [5.74, 6) is 0.00210. The molecule has 1 aliphatic rings. The van der Waals surface area contributed by atoms with Gasteiger partial charge in [-0.25, -0.2) is 9.59 Å². The van der Waals surface area contributed by atoms with E-state index in [0.29, 0.717) is 21.7 Å². The van der Waals surface area contributed by atoms with Crippen LogP contribution in [0.25, 0.3) is 0 Å². The van der Waals surface area contributed by atoms with Crippen molar-refractivity contribution in [2.24, 2.45) is 0 Å². The fourth-order valence-electron chi connectivity index (χ4n) is 2.05. The fourth-order valence-corrected chi connectivity index (χ4v) is 3.56. The van der Waals surface area contributed by atoms with Crippen LogP contribution < -0.4 is 10.1 Å². The van der Waals surface area contributed by atoms with Gasteiger partial charge < -0.3 is 15.2 Å². The molecule has 1 aliphatic heterocycles. The maximum Gasteiger partial charge on any atom is 0.327 e. The van der Waals surface area contributed by atoms with Crippen LogP contribution in [0.3, 0.4) is 0 Å². The molecule has 8 heteroatoms. The molecular weight excluding hydrogens is 360 g/mol. The summed E-state index contributed by atoms with van der Waals surface area (Å²) in [5, 5.41) is 11.7. The van der Waals surface area contributed by atoms with Gasteiger partial charge in [0.25, 0.3) is 0 Å². The average molecular weight is 375 g/mol. The minimum Gasteiger partial charge on any atom is -0.497 e. The minimum absolute atomic E-state index is 0.185. The van der Waals surface area contributed by atoms with Crippen molar-refractivity contribution in [3.05, 3.63) is 22.7 Å². The number of halogens is 1. The highest BCUT2D eigenvalue weighted by atomic mass is 79.9. The zero-order valence-electron chi connectivity index (χ0n) is 11.5. The summed E-state index contributed by atoms with van der Waals surface area (Å²) in [4.78, 5) is 24.9. The number of aliphatic carboxylic acids is 1. The SMILES string of the molecule is COc1ccc(Br)c(NC(=O)N2C(C)SCC2C(=O)O)c1. The van der Waals surface area contributed by atoms with E-state index in [1.807, 2.05) is 6.92 Å². The standard InChI is InChI=1S/C13H15BrN2O4S/c1-7-16(11(6-21-7)12(17)18)13(19)15-10-5-8(20-2)3-4-9(10)14/h3-5,7,11H,6H2,1-2H3,(H,15,19)(H,17,18). The summed E-state index contributed by atoms with van der Waals surface area (Å²) >= 11 is 4.79. The number of urea groups is 1. The van der Waals surface area contributed by atoms with E-state index in [0.717, 1.165) is 0 Å². The molecular formula is C13H15BrN2O4S. The van der Waals surface area contributed by atoms with Crippen LogP contribution in [-0.4, -0.2) is 46.3 Å². The number of methoxy groups -OCH3 is 1. The summed E-state index contributed by atoms with van der Waals surface area (Å²) in [7, 11) is 1.54. The van der Waals surface area contributed by atoms with E-state index in [1.54, 1.807) is 18.2 Å². The number of carboxylic acid groups (broad SMARTS) is 1. The monoisotopic (exact) mass is 374 g/mol. The molecule has 0 saturated carbocycles. The lowest BCUT2D eigenvalue weighted by Gasteiger charge is -2.25. The van der Waals surface area contributed by atoms with Gasteiger partial charge in [0.15, 0.2) is 0 Å². The molecule has 2 unspecified atom stereocenters. The highest BCUT2D eigenvalue weighted by Crippen LogP contribution is 2.31. The quantitative estimate of drug-likeness (QED) is 0.850. The van der Waals surface area contributed by atoms with Gasteiger partial charge in [-0.2, -0.15) is 0 Å². The number of hydrogen-bond acceptors (Lipinski definition) is 4. The molecule has 1 aromatic carbocycles. The highest BCUT2D eigenvalue weighted by molar-refractivity contribution is 9.10. The number of rotatable bonds is 3. The first-order chi connectivity index (χ1) is 9.93. The molecule has 0 aromatic heterocycles. The number of nitrogens with zero attached hydrogens (tertiary/aromatic N) is 1. The third-order valence-electron chi connectivity index (χ3n) is 3.16. The van der Waals surface area contributed by atoms with Crippen molar-refractivity contribution >= 4 is 45.4 Å². The van der Waals surface area contributed by atoms with Gasteiger partial charge in [0.05, 0.1) is 18.2 Å². The Morgan fingerprint density at radius 1 is 1.52 bits per heavy atom. The first kappa shape index (κ1) is 16.0. The Morgan fingerprint density at radius 2 is 2.24 bits per heavy atom. The zero-order chi connectivity index (χ0) is 15.6. The molecule has 0 aliphatic carbocycles. The Hall–Kier alpha value is -1.41. The number of carbonyl (C=O) groups excluding carboxylic acids is 1. The molecule has 0 spiro atoms. The summed E-state index contributed by atoms with van der Waals surface area (Å²) in [5.41, 5.74) is 0.535. The normalized spacial score (nSPS) is 21.2. The van der Waals surface area contributed by atoms with E-state index in [1.165, 1.54) is 23.8 Å². The van der Waals surface area contributed by atoms with E-state index < -0.39 is 18.0 Å². The van der Waals surface area contributed by atoms with Gasteiger partial charge >= 0.3 is 12.0 Å². The van der Waals surface area contributed by atoms with Gasteiger partial charge in [0.2, 0.25) is 0 Å². The Kier molecular flexibility index (Phi) is 5.00. The molecule has 21 heavy (non-hydrogen) atoms. The molecule has 2 rings (SSSR count). The van der Waals surface area contributed by atoms with Crippen LogP contribution in [0.2, 0.25) is 0 Å². The van der Waals surface area contributed by atoms with Crippen molar-refractivity contribution in [2.75, 3.05) is 18.2 Å². The Balaban J connectivity index is 2.19. The number of carboxylic acids is 1. The van der Waals surface area contributed by atoms with E-state index in [9.17, 15) is 14.7 Å². The van der Waals surface area contributed by atoms with Gasteiger partial charge in [-0.15, -0.1) is 11.8 Å². The van der Waals surface area contributed by atoms with Crippen LogP contribution in [0.5, 0.6) is 5.75 Å². The van der Waals surface area contributed by atoms with Gasteiger partial charge in [-0.3, -0.25) is 4.90 Å². The molecule has 6 nitrogen and oxygen atoms in total. The van der Waals surface area contributed by atoms with Crippen LogP contribution in [0.1, 0.15) is 6.92 Å². The largest absolute Gasteiger partial charge is 0.497 e. The third kappa shape index (κ3) is 3.44. The Bertz CT molecular complexity index is 569. The number of ether oxygens (including phenoxy) is 1. The van der Waals surface area contributed by atoms with Gasteiger partial charge in [-0.1, -0.05) is 0 Å². The Morgan fingerprint density at radius 3 is 2.86 bits per heavy atom. The lowest BCUT2D eigenvalue weighted by molar-refractivity contribution is -0.141. The van der Waals surface area contributed by atoms with E-state index in [4.69, 9.17) is 4.74 Å². The molecule has 114 valence electrons. The maximum atomic E-state index is 12.4. The summed E-state index contributed by atoms with van der Waals surface area (Å²) in [6.45, 7) is 1.81. The van der Waals surface area contributed by atoms with Crippen molar-refractivity contribution in [1.29, 1.82) is 0 Å². The van der Waals surface area contributed by atoms with Gasteiger partial charge in [0, 0.05) is 16.3 Å². The summed E-state index contributed by atoms with van der Waals surface area (Å²) in [6, 6.07) is 3.94. The van der Waals surface area contributed by atoms with Crippen LogP contribution >= 0.6 is 27.7 Å². The molecule has 1 heterocycles. The number of amides is 2. The Labute approximate surface area is 135 Å². The molecule has 2 N–H and O–H groups in total. The second kappa shape index (κ2) is 6.57. The predicted molar refractivity (Wildman–Crippen MR) is 84.9 cm³/mol. The average Bonchev–Trinajstić information content (AvgIpc) is 2.83. The number of benzene rings is 1. The fraction of sp³-hybridized carbons (Fsp3) is 0.385. The molecule has 0 bridgehead atoms. The van der Waals surface area contributed by atoms with Crippen molar-refractivity contribution in [3.63, 3.8) is 0 Å². The second-order valence-electron chi connectivity index (χ2n) is 4.47. The van der Waals surface area contributed by atoms with Crippen molar-refractivity contribution < 1.29 is 19.4 Å². The summed E-state index contributed by atoms with van der Waals surface area (Å²) < 4.78 is 5.81. The first-order valence-electron chi connectivity index (χ1n) is 6.21. The van der Waals surface area contributed by atoms with Crippen molar-refractivity contribution in [1.82, 2.24) is 4.90 Å². The second-order valence-corrected chi connectivity index (χ2v) is 6.67. The number of nitrogens with one attached hydrogen (secondary N) is 1. The number of carbonyl (C=O) groups is 2. The van der Waals surface area contributed by atoms with Crippen LogP contribution in [-0.2, 0) is 4.79 Å². The number of thioether (sulfide) groups is 1. The molecule has 1 aromatic rings. The minimum atomic E-state index is -0.994. The van der Waals surface area contributed by atoms with Gasteiger partial charge in [-0.05, 0) is 35.0 Å². The highest BCUT2D eigenvalue weighted by Gasteiger charge is 2.39. The smallest absolute Gasteiger partial charge is 0.327 e. The molecule has 2 atom stereocenters. The first-order valence-corrected chi connectivity index (χ1v) is 8.05. The van der Waals surface area contributed by atoms with E-state index in [-0.39, 0.29) is 5.37 Å².